The van der Waals surface area contributed by atoms with Gasteiger partial charge in [0.25, 0.3) is 5.91 Å². The fraction of sp³-hybridized carbons (Fsp3) is 0.292. The highest BCUT2D eigenvalue weighted by Gasteiger charge is 2.33. The number of amides is 3. The van der Waals surface area contributed by atoms with Crippen molar-refractivity contribution < 1.29 is 14.4 Å². The number of thioether (sulfide) groups is 1. The van der Waals surface area contributed by atoms with Gasteiger partial charge < -0.3 is 15.1 Å². The summed E-state index contributed by atoms with van der Waals surface area (Å²) in [4.78, 5) is 46.5. The van der Waals surface area contributed by atoms with Crippen molar-refractivity contribution in [2.45, 2.75) is 30.7 Å². The molecule has 3 heterocycles. The summed E-state index contributed by atoms with van der Waals surface area (Å²) in [5.41, 5.74) is 3.78. The highest BCUT2D eigenvalue weighted by molar-refractivity contribution is 7.99. The number of H-pyrrole nitrogens is 1. The van der Waals surface area contributed by atoms with E-state index >= 15 is 0 Å². The second-order valence-corrected chi connectivity index (χ2v) is 9.43. The summed E-state index contributed by atoms with van der Waals surface area (Å²) in [7, 11) is 1.71. The molecule has 10 heteroatoms. The predicted octanol–water partition coefficient (Wildman–Crippen LogP) is 2.17. The lowest BCUT2D eigenvalue weighted by molar-refractivity contribution is -0.119. The standard InChI is InChI=1S/C24H24N6O3S/c1-14(31)30-9-8-16-11-19-20(12-18(16)30)34-13-17(24(33)29(19)2)25-23(32)22-26-21(27-28-22)10-15-6-4-3-5-7-15/h3-7,11-12,17H,8-10,13H2,1-2H3,(H,25,32)(H,26,27,28)/t17-/m0/s1. The molecule has 34 heavy (non-hydrogen) atoms. The summed E-state index contributed by atoms with van der Waals surface area (Å²) in [6.45, 7) is 2.21. The number of aromatic nitrogens is 3. The largest absolute Gasteiger partial charge is 0.337 e. The minimum absolute atomic E-state index is 0.00391. The maximum atomic E-state index is 13.2. The van der Waals surface area contributed by atoms with Gasteiger partial charge in [0, 0.05) is 43.3 Å². The second-order valence-electron chi connectivity index (χ2n) is 8.37. The number of likely N-dealkylation sites (N-methyl/N-ethyl adjacent to an activating group) is 1. The molecule has 0 radical (unpaired) electrons. The Morgan fingerprint density at radius 1 is 1.21 bits per heavy atom. The molecule has 0 saturated carbocycles. The quantitative estimate of drug-likeness (QED) is 0.597. The molecule has 9 nitrogen and oxygen atoms in total. The van der Waals surface area contributed by atoms with Crippen molar-refractivity contribution >= 4 is 40.9 Å². The lowest BCUT2D eigenvalue weighted by Crippen LogP contribution is -2.48. The SMILES string of the molecule is CC(=O)N1CCc2cc3c(cc21)SC[C@H](NC(=O)c1n[nH]c(Cc2ccccc2)n1)C(=O)N3C. The Morgan fingerprint density at radius 3 is 2.76 bits per heavy atom. The van der Waals surface area contributed by atoms with Crippen LogP contribution in [0.15, 0.2) is 47.4 Å². The van der Waals surface area contributed by atoms with E-state index in [1.165, 1.54) is 11.8 Å². The third-order valence-electron chi connectivity index (χ3n) is 6.09. The number of rotatable bonds is 4. The molecule has 0 saturated heterocycles. The van der Waals surface area contributed by atoms with E-state index in [1.807, 2.05) is 42.5 Å². The van der Waals surface area contributed by atoms with Gasteiger partial charge in [-0.1, -0.05) is 30.3 Å². The molecule has 0 fully saturated rings. The smallest absolute Gasteiger partial charge is 0.291 e. The third-order valence-corrected chi connectivity index (χ3v) is 7.22. The molecule has 0 aliphatic carbocycles. The van der Waals surface area contributed by atoms with E-state index in [0.717, 1.165) is 33.8 Å². The lowest BCUT2D eigenvalue weighted by atomic mass is 10.1. The molecule has 0 unspecified atom stereocenters. The van der Waals surface area contributed by atoms with E-state index in [1.54, 1.807) is 23.8 Å². The van der Waals surface area contributed by atoms with Gasteiger partial charge in [0.15, 0.2) is 0 Å². The molecule has 1 aromatic heterocycles. The van der Waals surface area contributed by atoms with E-state index in [4.69, 9.17) is 0 Å². The van der Waals surface area contributed by atoms with Crippen molar-refractivity contribution in [2.24, 2.45) is 0 Å². The van der Waals surface area contributed by atoms with Crippen LogP contribution in [0.5, 0.6) is 0 Å². The van der Waals surface area contributed by atoms with Gasteiger partial charge in [-0.15, -0.1) is 16.9 Å². The number of anilines is 2. The highest BCUT2D eigenvalue weighted by atomic mass is 32.2. The minimum atomic E-state index is -0.732. The summed E-state index contributed by atoms with van der Waals surface area (Å²) < 4.78 is 0. The molecule has 5 rings (SSSR count). The summed E-state index contributed by atoms with van der Waals surface area (Å²) in [5.74, 6) is 0.239. The van der Waals surface area contributed by atoms with Crippen molar-refractivity contribution in [3.05, 3.63) is 65.2 Å². The van der Waals surface area contributed by atoms with Crippen LogP contribution in [-0.2, 0) is 22.4 Å². The Hall–Kier alpha value is -3.66. The van der Waals surface area contributed by atoms with Crippen molar-refractivity contribution in [1.29, 1.82) is 0 Å². The summed E-state index contributed by atoms with van der Waals surface area (Å²) in [6, 6.07) is 13.0. The molecule has 3 aromatic rings. The molecule has 2 N–H and O–H groups in total. The van der Waals surface area contributed by atoms with Gasteiger partial charge in [0.2, 0.25) is 17.6 Å². The topological polar surface area (TPSA) is 111 Å². The second kappa shape index (κ2) is 8.94. The first-order valence-corrected chi connectivity index (χ1v) is 12.0. The molecular weight excluding hydrogens is 452 g/mol. The van der Waals surface area contributed by atoms with E-state index in [0.29, 0.717) is 24.5 Å². The number of carbonyl (C=O) groups excluding carboxylic acids is 3. The van der Waals surface area contributed by atoms with Crippen LogP contribution in [0.1, 0.15) is 34.5 Å². The van der Waals surface area contributed by atoms with Crippen molar-refractivity contribution in [1.82, 2.24) is 20.5 Å². The minimum Gasteiger partial charge on any atom is -0.337 e. The Balaban J connectivity index is 1.30. The van der Waals surface area contributed by atoms with Crippen LogP contribution in [0.25, 0.3) is 0 Å². The number of carbonyl (C=O) groups is 3. The average Bonchev–Trinajstić information content (AvgIpc) is 3.45. The fourth-order valence-corrected chi connectivity index (χ4v) is 5.41. The van der Waals surface area contributed by atoms with Crippen molar-refractivity contribution in [2.75, 3.05) is 29.1 Å². The normalized spacial score (nSPS) is 17.2. The van der Waals surface area contributed by atoms with E-state index in [2.05, 4.69) is 20.5 Å². The summed E-state index contributed by atoms with van der Waals surface area (Å²) in [6.07, 6.45) is 1.28. The molecule has 0 bridgehead atoms. The zero-order valence-corrected chi connectivity index (χ0v) is 19.7. The van der Waals surface area contributed by atoms with Crippen LogP contribution < -0.4 is 15.1 Å². The first-order chi connectivity index (χ1) is 16.4. The number of hydrogen-bond donors (Lipinski definition) is 2. The van der Waals surface area contributed by atoms with Gasteiger partial charge in [-0.2, -0.15) is 0 Å². The van der Waals surface area contributed by atoms with Crippen LogP contribution in [0, 0.1) is 0 Å². The van der Waals surface area contributed by atoms with Gasteiger partial charge in [0.05, 0.1) is 5.69 Å². The molecule has 0 spiro atoms. The van der Waals surface area contributed by atoms with Crippen LogP contribution in [-0.4, -0.2) is 58.3 Å². The van der Waals surface area contributed by atoms with Gasteiger partial charge in [-0.05, 0) is 29.7 Å². The summed E-state index contributed by atoms with van der Waals surface area (Å²) >= 11 is 1.49. The van der Waals surface area contributed by atoms with Gasteiger partial charge in [-0.25, -0.2) is 4.98 Å². The fourth-order valence-electron chi connectivity index (χ4n) is 4.30. The number of benzene rings is 2. The van der Waals surface area contributed by atoms with Crippen molar-refractivity contribution in [3.8, 4) is 0 Å². The Kier molecular flexibility index (Phi) is 5.82. The zero-order valence-electron chi connectivity index (χ0n) is 18.9. The number of aromatic amines is 1. The van der Waals surface area contributed by atoms with E-state index in [-0.39, 0.29) is 17.6 Å². The maximum absolute atomic E-state index is 13.2. The molecule has 2 aliphatic heterocycles. The van der Waals surface area contributed by atoms with Crippen LogP contribution >= 0.6 is 11.8 Å². The lowest BCUT2D eigenvalue weighted by Gasteiger charge is -2.22. The van der Waals surface area contributed by atoms with Gasteiger partial charge >= 0.3 is 0 Å². The number of hydrogen-bond acceptors (Lipinski definition) is 6. The van der Waals surface area contributed by atoms with E-state index in [9.17, 15) is 14.4 Å². The monoisotopic (exact) mass is 476 g/mol. The number of fused-ring (bicyclic) bond motifs is 2. The molecule has 1 atom stereocenters. The first-order valence-electron chi connectivity index (χ1n) is 11.0. The molecular formula is C24H24N6O3S. The molecule has 3 amide bonds. The Morgan fingerprint density at radius 2 is 2.00 bits per heavy atom. The van der Waals surface area contributed by atoms with Crippen LogP contribution in [0.3, 0.4) is 0 Å². The molecule has 2 aliphatic rings. The molecule has 2 aromatic carbocycles. The first kappa shape index (κ1) is 22.1. The van der Waals surface area contributed by atoms with Crippen LogP contribution in [0.2, 0.25) is 0 Å². The average molecular weight is 477 g/mol. The highest BCUT2D eigenvalue weighted by Crippen LogP contribution is 2.41. The van der Waals surface area contributed by atoms with Gasteiger partial charge in [-0.3, -0.25) is 19.5 Å². The summed E-state index contributed by atoms with van der Waals surface area (Å²) in [5, 5.41) is 9.63. The molecule has 174 valence electrons. The van der Waals surface area contributed by atoms with Gasteiger partial charge in [0.1, 0.15) is 11.9 Å². The number of nitrogens with one attached hydrogen (secondary N) is 2. The third kappa shape index (κ3) is 4.16. The predicted molar refractivity (Wildman–Crippen MR) is 129 cm³/mol. The Labute approximate surface area is 200 Å². The zero-order chi connectivity index (χ0) is 23.8. The maximum Gasteiger partial charge on any atom is 0.291 e. The number of nitrogens with zero attached hydrogens (tertiary/aromatic N) is 4. The van der Waals surface area contributed by atoms with Crippen molar-refractivity contribution in [3.63, 3.8) is 0 Å². The Bertz CT molecular complexity index is 1270. The van der Waals surface area contributed by atoms with E-state index < -0.39 is 11.9 Å². The van der Waals surface area contributed by atoms with Crippen LogP contribution in [0.4, 0.5) is 11.4 Å².